The van der Waals surface area contributed by atoms with Crippen LogP contribution in [-0.2, 0) is 42.9 Å². The molecule has 378 valence electrons. The Bertz CT molecular complexity index is 1110. The van der Waals surface area contributed by atoms with Crippen molar-refractivity contribution in [2.24, 2.45) is 5.92 Å². The lowest BCUT2D eigenvalue weighted by molar-refractivity contribution is -0.151. The predicted octanol–water partition coefficient (Wildman–Crippen LogP) is 13.0. The third-order valence-electron chi connectivity index (χ3n) is 11.8. The van der Waals surface area contributed by atoms with Gasteiger partial charge in [-0.15, -0.1) is 0 Å². The van der Waals surface area contributed by atoms with Crippen molar-refractivity contribution < 1.29 is 49.1 Å². The lowest BCUT2D eigenvalue weighted by Crippen LogP contribution is -2.36. The fraction of sp³-hybridized carbons (Fsp3) is 0.904. The summed E-state index contributed by atoms with van der Waals surface area (Å²) in [4.78, 5) is 64.9. The van der Waals surface area contributed by atoms with Crippen LogP contribution in [0.15, 0.2) is 0 Å². The Labute approximate surface area is 393 Å². The van der Waals surface area contributed by atoms with E-state index in [1.54, 1.807) is 0 Å². The molecule has 0 radical (unpaired) electrons. The summed E-state index contributed by atoms with van der Waals surface area (Å²) in [6.07, 6.45) is 30.4. The lowest BCUT2D eigenvalue weighted by Gasteiger charge is -2.19. The molecule has 0 rings (SSSR count). The Hall–Kier alpha value is -2.89. The van der Waals surface area contributed by atoms with Crippen LogP contribution in [0, 0.1) is 5.92 Å². The van der Waals surface area contributed by atoms with Crippen LogP contribution in [0.4, 0.5) is 4.79 Å². The number of hydrogen-bond acceptors (Lipinski definition) is 11. The molecule has 0 spiro atoms. The van der Waals surface area contributed by atoms with Gasteiger partial charge in [0, 0.05) is 40.2 Å². The SMILES string of the molecule is CCCCCCCCCCOC(=O)CCCCCCCC(=O)OCC(COC(=O)CCCC(=O)OC(CCCCCCCC)CCCCCCCC)COC(=O)NCCN(CC)CC.[HH]. The van der Waals surface area contributed by atoms with E-state index in [1.165, 1.54) is 89.9 Å². The molecule has 0 aromatic rings. The summed E-state index contributed by atoms with van der Waals surface area (Å²) < 4.78 is 27.8. The second-order valence-electron chi connectivity index (χ2n) is 17.8. The highest BCUT2D eigenvalue weighted by atomic mass is 16.6. The number of amides is 1. The highest BCUT2D eigenvalue weighted by Gasteiger charge is 2.19. The van der Waals surface area contributed by atoms with Gasteiger partial charge in [-0.3, -0.25) is 19.2 Å². The Morgan fingerprint density at radius 2 is 0.828 bits per heavy atom. The molecular formula is C52H100N2O10. The van der Waals surface area contributed by atoms with E-state index < -0.39 is 18.0 Å². The van der Waals surface area contributed by atoms with Gasteiger partial charge in [0.25, 0.3) is 0 Å². The molecule has 0 saturated heterocycles. The Morgan fingerprint density at radius 1 is 0.438 bits per heavy atom. The molecule has 64 heavy (non-hydrogen) atoms. The minimum absolute atomic E-state index is 0. The van der Waals surface area contributed by atoms with E-state index in [9.17, 15) is 24.0 Å². The number of rotatable bonds is 47. The normalized spacial score (nSPS) is 11.7. The Balaban J connectivity index is 0. The number of carbonyl (C=O) groups is 5. The Morgan fingerprint density at radius 3 is 1.31 bits per heavy atom. The monoisotopic (exact) mass is 913 g/mol. The van der Waals surface area contributed by atoms with Gasteiger partial charge < -0.3 is 33.9 Å². The fourth-order valence-electron chi connectivity index (χ4n) is 7.56. The van der Waals surface area contributed by atoms with Gasteiger partial charge in [0.1, 0.15) is 25.9 Å². The molecular weight excluding hydrogens is 813 g/mol. The first kappa shape index (κ1) is 61.1. The first-order chi connectivity index (χ1) is 31.2. The van der Waals surface area contributed by atoms with Crippen LogP contribution in [0.1, 0.15) is 242 Å². The van der Waals surface area contributed by atoms with Crippen LogP contribution in [0.5, 0.6) is 0 Å². The number of nitrogens with one attached hydrogen (secondary N) is 1. The van der Waals surface area contributed by atoms with Crippen LogP contribution in [0.2, 0.25) is 0 Å². The summed E-state index contributed by atoms with van der Waals surface area (Å²) in [5.74, 6) is -1.79. The van der Waals surface area contributed by atoms with E-state index in [1.807, 2.05) is 0 Å². The maximum atomic E-state index is 12.8. The molecule has 0 aromatic carbocycles. The average Bonchev–Trinajstić information content (AvgIpc) is 3.28. The zero-order valence-corrected chi connectivity index (χ0v) is 42.0. The molecule has 1 unspecified atom stereocenters. The van der Waals surface area contributed by atoms with Crippen LogP contribution < -0.4 is 5.32 Å². The molecule has 1 atom stereocenters. The maximum Gasteiger partial charge on any atom is 0.407 e. The van der Waals surface area contributed by atoms with E-state index >= 15 is 0 Å². The highest BCUT2D eigenvalue weighted by molar-refractivity contribution is 5.72. The summed E-state index contributed by atoms with van der Waals surface area (Å²) in [5.41, 5.74) is 0. The minimum Gasteiger partial charge on any atom is -0.466 e. The summed E-state index contributed by atoms with van der Waals surface area (Å²) in [6, 6.07) is 0. The van der Waals surface area contributed by atoms with E-state index in [0.717, 1.165) is 90.1 Å². The van der Waals surface area contributed by atoms with E-state index in [-0.39, 0.29) is 64.5 Å². The third kappa shape index (κ3) is 41.8. The minimum atomic E-state index is -0.587. The highest BCUT2D eigenvalue weighted by Crippen LogP contribution is 2.18. The number of ether oxygens (including phenoxy) is 5. The number of hydrogen-bond donors (Lipinski definition) is 1. The second-order valence-corrected chi connectivity index (χ2v) is 17.8. The molecule has 1 N–H and O–H groups in total. The van der Waals surface area contributed by atoms with Crippen molar-refractivity contribution in [3.63, 3.8) is 0 Å². The van der Waals surface area contributed by atoms with Crippen molar-refractivity contribution in [2.45, 2.75) is 246 Å². The van der Waals surface area contributed by atoms with Crippen molar-refractivity contribution >= 4 is 30.0 Å². The molecule has 0 bridgehead atoms. The molecule has 0 saturated carbocycles. The molecule has 0 aliphatic rings. The predicted molar refractivity (Wildman–Crippen MR) is 260 cm³/mol. The van der Waals surface area contributed by atoms with E-state index in [2.05, 4.69) is 44.8 Å². The third-order valence-corrected chi connectivity index (χ3v) is 11.8. The smallest absolute Gasteiger partial charge is 0.407 e. The van der Waals surface area contributed by atoms with E-state index in [4.69, 9.17) is 23.7 Å². The summed E-state index contributed by atoms with van der Waals surface area (Å²) >= 11 is 0. The fourth-order valence-corrected chi connectivity index (χ4v) is 7.56. The number of alkyl carbamates (subject to hydrolysis) is 1. The number of nitrogens with zero attached hydrogens (tertiary/aromatic N) is 1. The number of likely N-dealkylation sites (N-methyl/N-ethyl adjacent to an activating group) is 1. The number of carbonyl (C=O) groups excluding carboxylic acids is 5. The Kier molecular flexibility index (Phi) is 44.5. The number of unbranched alkanes of at least 4 members (excludes halogenated alkanes) is 21. The molecule has 0 aromatic heterocycles. The van der Waals surface area contributed by atoms with Gasteiger partial charge in [-0.25, -0.2) is 4.79 Å². The molecule has 0 aliphatic carbocycles. The van der Waals surface area contributed by atoms with Gasteiger partial charge in [0.15, 0.2) is 0 Å². The average molecular weight is 913 g/mol. The zero-order valence-electron chi connectivity index (χ0n) is 42.0. The van der Waals surface area contributed by atoms with Gasteiger partial charge in [0.05, 0.1) is 12.5 Å². The van der Waals surface area contributed by atoms with Crippen LogP contribution in [0.3, 0.4) is 0 Å². The molecule has 0 aliphatic heterocycles. The van der Waals surface area contributed by atoms with Gasteiger partial charge in [-0.2, -0.15) is 0 Å². The standard InChI is InChI=1S/C52H98N2O10.H2/c1-6-11-14-17-20-21-27-32-42-60-48(55)36-30-25-22-26-31-37-49(56)61-43-46(45-63-52(59)53-40-41-54(9-4)10-5)44-62-50(57)38-33-39-51(58)64-47(34-28-23-18-15-12-7-2)35-29-24-19-16-13-8-3;/h46-47H,6-45H2,1-5H3,(H,53,59);1H. The van der Waals surface area contributed by atoms with Crippen molar-refractivity contribution in [1.29, 1.82) is 0 Å². The van der Waals surface area contributed by atoms with E-state index in [0.29, 0.717) is 39.0 Å². The van der Waals surface area contributed by atoms with Gasteiger partial charge in [-0.05, 0) is 64.5 Å². The molecule has 12 nitrogen and oxygen atoms in total. The van der Waals surface area contributed by atoms with Crippen LogP contribution in [-0.4, -0.2) is 93.6 Å². The maximum absolute atomic E-state index is 12.8. The topological polar surface area (TPSA) is 147 Å². The molecule has 12 heteroatoms. The molecule has 1 amide bonds. The molecule has 0 heterocycles. The summed E-state index contributed by atoms with van der Waals surface area (Å²) in [5, 5.41) is 2.75. The van der Waals surface area contributed by atoms with Crippen molar-refractivity contribution in [1.82, 2.24) is 10.2 Å². The van der Waals surface area contributed by atoms with Gasteiger partial charge >= 0.3 is 30.0 Å². The van der Waals surface area contributed by atoms with Gasteiger partial charge in [0.2, 0.25) is 0 Å². The van der Waals surface area contributed by atoms with Crippen molar-refractivity contribution in [3.05, 3.63) is 0 Å². The van der Waals surface area contributed by atoms with Crippen LogP contribution in [0.25, 0.3) is 0 Å². The first-order valence-electron chi connectivity index (χ1n) is 26.5. The quantitative estimate of drug-likeness (QED) is 0.0353. The lowest BCUT2D eigenvalue weighted by atomic mass is 10.0. The van der Waals surface area contributed by atoms with Crippen molar-refractivity contribution in [2.75, 3.05) is 52.6 Å². The van der Waals surface area contributed by atoms with Crippen molar-refractivity contribution in [3.8, 4) is 0 Å². The summed E-state index contributed by atoms with van der Waals surface area (Å²) in [6.45, 7) is 13.9. The van der Waals surface area contributed by atoms with Gasteiger partial charge in [-0.1, -0.05) is 163 Å². The van der Waals surface area contributed by atoms with Crippen LogP contribution >= 0.6 is 0 Å². The second kappa shape index (κ2) is 46.6. The largest absolute Gasteiger partial charge is 0.466 e. The summed E-state index contributed by atoms with van der Waals surface area (Å²) in [7, 11) is 0. The zero-order chi connectivity index (χ0) is 47.1. The first-order valence-corrected chi connectivity index (χ1v) is 26.5. The number of esters is 4. The molecule has 0 fully saturated rings.